The molecule has 0 amide bonds. The molecule has 106 valence electrons. The minimum absolute atomic E-state index is 0.366. The van der Waals surface area contributed by atoms with Gasteiger partial charge in [-0.15, -0.1) is 0 Å². The minimum atomic E-state index is -0.679. The highest BCUT2D eigenvalue weighted by molar-refractivity contribution is 6.36. The highest BCUT2D eigenvalue weighted by Crippen LogP contribution is 2.31. The summed E-state index contributed by atoms with van der Waals surface area (Å²) >= 11 is 12.2. The summed E-state index contributed by atoms with van der Waals surface area (Å²) in [6, 6.07) is 11.0. The smallest absolute Gasteiger partial charge is 0.122 e. The van der Waals surface area contributed by atoms with Gasteiger partial charge in [0.15, 0.2) is 0 Å². The summed E-state index contributed by atoms with van der Waals surface area (Å²) < 4.78 is 5.27. The van der Waals surface area contributed by atoms with E-state index < -0.39 is 6.10 Å². The molecule has 0 radical (unpaired) electrons. The van der Waals surface area contributed by atoms with Gasteiger partial charge in [-0.05, 0) is 41.8 Å². The summed E-state index contributed by atoms with van der Waals surface area (Å²) in [5.41, 5.74) is 2.56. The molecule has 2 aromatic carbocycles. The van der Waals surface area contributed by atoms with Crippen LogP contribution >= 0.6 is 23.2 Å². The zero-order chi connectivity index (χ0) is 14.7. The number of aliphatic hydroxyl groups is 1. The van der Waals surface area contributed by atoms with Gasteiger partial charge in [-0.3, -0.25) is 0 Å². The molecule has 20 heavy (non-hydrogen) atoms. The molecule has 2 rings (SSSR count). The lowest BCUT2D eigenvalue weighted by atomic mass is 10.00. The van der Waals surface area contributed by atoms with Crippen molar-refractivity contribution >= 4 is 23.2 Å². The molecule has 0 aliphatic rings. The Bertz CT molecular complexity index is 591. The topological polar surface area (TPSA) is 29.5 Å². The normalized spacial score (nSPS) is 12.2. The maximum atomic E-state index is 10.4. The largest absolute Gasteiger partial charge is 0.496 e. The fourth-order valence-electron chi connectivity index (χ4n) is 2.08. The van der Waals surface area contributed by atoms with Crippen LogP contribution in [0.3, 0.4) is 0 Å². The first-order valence-corrected chi connectivity index (χ1v) is 7.04. The third-order valence-corrected chi connectivity index (χ3v) is 3.98. The van der Waals surface area contributed by atoms with E-state index in [0.717, 1.165) is 22.4 Å². The molecule has 0 spiro atoms. The van der Waals surface area contributed by atoms with Gasteiger partial charge in [0.25, 0.3) is 0 Å². The van der Waals surface area contributed by atoms with E-state index >= 15 is 0 Å². The summed E-state index contributed by atoms with van der Waals surface area (Å²) in [6.07, 6.45) is -0.313. The van der Waals surface area contributed by atoms with Crippen molar-refractivity contribution in [1.29, 1.82) is 0 Å². The fraction of sp³-hybridized carbons (Fsp3) is 0.250. The third kappa shape index (κ3) is 3.26. The van der Waals surface area contributed by atoms with E-state index in [1.165, 1.54) is 0 Å². The molecule has 0 aromatic heterocycles. The maximum absolute atomic E-state index is 10.4. The highest BCUT2D eigenvalue weighted by Gasteiger charge is 2.14. The second kappa shape index (κ2) is 6.49. The second-order valence-electron chi connectivity index (χ2n) is 4.65. The van der Waals surface area contributed by atoms with E-state index in [2.05, 4.69) is 0 Å². The minimum Gasteiger partial charge on any atom is -0.496 e. The van der Waals surface area contributed by atoms with Crippen molar-refractivity contribution in [2.75, 3.05) is 7.11 Å². The van der Waals surface area contributed by atoms with E-state index in [4.69, 9.17) is 27.9 Å². The van der Waals surface area contributed by atoms with Crippen molar-refractivity contribution in [2.24, 2.45) is 0 Å². The molecule has 0 aliphatic carbocycles. The molecule has 0 fully saturated rings. The lowest BCUT2D eigenvalue weighted by Gasteiger charge is -2.15. The molecule has 1 N–H and O–H groups in total. The molecule has 0 heterocycles. The maximum Gasteiger partial charge on any atom is 0.122 e. The molecule has 0 bridgehead atoms. The van der Waals surface area contributed by atoms with Crippen molar-refractivity contribution in [3.63, 3.8) is 0 Å². The molecule has 1 unspecified atom stereocenters. The van der Waals surface area contributed by atoms with E-state index in [-0.39, 0.29) is 0 Å². The Morgan fingerprint density at radius 3 is 2.40 bits per heavy atom. The summed E-state index contributed by atoms with van der Waals surface area (Å²) in [5.74, 6) is 0.756. The Morgan fingerprint density at radius 1 is 1.15 bits per heavy atom. The van der Waals surface area contributed by atoms with Crippen LogP contribution in [0.25, 0.3) is 0 Å². The standard InChI is InChI=1S/C16H16Cl2O2/c1-10-6-7-11(8-16(10)20-2)15(19)9-12-13(17)4-3-5-14(12)18/h3-8,15,19H,9H2,1-2H3. The Balaban J connectivity index is 2.26. The summed E-state index contributed by atoms with van der Waals surface area (Å²) in [6.45, 7) is 1.96. The van der Waals surface area contributed by atoms with Crippen LogP contribution in [0.15, 0.2) is 36.4 Å². The Hall–Kier alpha value is -1.22. The Labute approximate surface area is 128 Å². The predicted molar refractivity (Wildman–Crippen MR) is 82.9 cm³/mol. The number of hydrogen-bond acceptors (Lipinski definition) is 2. The quantitative estimate of drug-likeness (QED) is 0.895. The molecule has 0 saturated heterocycles. The molecule has 0 saturated carbocycles. The van der Waals surface area contributed by atoms with E-state index in [0.29, 0.717) is 16.5 Å². The number of methoxy groups -OCH3 is 1. The van der Waals surface area contributed by atoms with Gasteiger partial charge in [-0.25, -0.2) is 0 Å². The summed E-state index contributed by atoms with van der Waals surface area (Å²) in [7, 11) is 1.61. The van der Waals surface area contributed by atoms with Crippen LogP contribution in [-0.2, 0) is 6.42 Å². The molecule has 4 heteroatoms. The zero-order valence-corrected chi connectivity index (χ0v) is 12.9. The van der Waals surface area contributed by atoms with Gasteiger partial charge in [0.05, 0.1) is 13.2 Å². The van der Waals surface area contributed by atoms with Gasteiger partial charge in [0.1, 0.15) is 5.75 Å². The second-order valence-corrected chi connectivity index (χ2v) is 5.46. The molecule has 2 aromatic rings. The first kappa shape index (κ1) is 15.2. The number of ether oxygens (including phenoxy) is 1. The van der Waals surface area contributed by atoms with Crippen molar-refractivity contribution in [3.8, 4) is 5.75 Å². The molecule has 2 nitrogen and oxygen atoms in total. The lowest BCUT2D eigenvalue weighted by Crippen LogP contribution is -2.03. The predicted octanol–water partition coefficient (Wildman–Crippen LogP) is 4.59. The Morgan fingerprint density at radius 2 is 1.80 bits per heavy atom. The SMILES string of the molecule is COc1cc(C(O)Cc2c(Cl)cccc2Cl)ccc1C. The van der Waals surface area contributed by atoms with Gasteiger partial charge in [0.2, 0.25) is 0 Å². The van der Waals surface area contributed by atoms with Crippen LogP contribution in [0, 0.1) is 6.92 Å². The van der Waals surface area contributed by atoms with Crippen molar-refractivity contribution in [1.82, 2.24) is 0 Å². The Kier molecular flexibility index (Phi) is 4.92. The van der Waals surface area contributed by atoms with E-state index in [1.54, 1.807) is 25.3 Å². The van der Waals surface area contributed by atoms with Gasteiger partial charge in [0, 0.05) is 16.5 Å². The van der Waals surface area contributed by atoms with Crippen molar-refractivity contribution in [3.05, 3.63) is 63.1 Å². The fourth-order valence-corrected chi connectivity index (χ4v) is 2.63. The van der Waals surface area contributed by atoms with Gasteiger partial charge >= 0.3 is 0 Å². The number of halogens is 2. The van der Waals surface area contributed by atoms with Crippen LogP contribution in [0.2, 0.25) is 10.0 Å². The van der Waals surface area contributed by atoms with E-state index in [9.17, 15) is 5.11 Å². The van der Waals surface area contributed by atoms with Crippen LogP contribution in [0.5, 0.6) is 5.75 Å². The molecular weight excluding hydrogens is 295 g/mol. The van der Waals surface area contributed by atoms with Crippen molar-refractivity contribution in [2.45, 2.75) is 19.4 Å². The van der Waals surface area contributed by atoms with Crippen LogP contribution in [-0.4, -0.2) is 12.2 Å². The van der Waals surface area contributed by atoms with Crippen molar-refractivity contribution < 1.29 is 9.84 Å². The monoisotopic (exact) mass is 310 g/mol. The van der Waals surface area contributed by atoms with E-state index in [1.807, 2.05) is 25.1 Å². The summed E-state index contributed by atoms with van der Waals surface area (Å²) in [4.78, 5) is 0. The first-order valence-electron chi connectivity index (χ1n) is 6.28. The van der Waals surface area contributed by atoms with Gasteiger partial charge in [-0.2, -0.15) is 0 Å². The van der Waals surface area contributed by atoms with Gasteiger partial charge in [-0.1, -0.05) is 41.4 Å². The summed E-state index contributed by atoms with van der Waals surface area (Å²) in [5, 5.41) is 11.5. The molecule has 1 atom stereocenters. The lowest BCUT2D eigenvalue weighted by molar-refractivity contribution is 0.178. The average molecular weight is 311 g/mol. The van der Waals surface area contributed by atoms with Crippen LogP contribution < -0.4 is 4.74 Å². The van der Waals surface area contributed by atoms with Gasteiger partial charge < -0.3 is 9.84 Å². The van der Waals surface area contributed by atoms with Crippen LogP contribution in [0.1, 0.15) is 22.8 Å². The number of hydrogen-bond donors (Lipinski definition) is 1. The third-order valence-electron chi connectivity index (χ3n) is 3.28. The highest BCUT2D eigenvalue weighted by atomic mass is 35.5. The number of benzene rings is 2. The molecular formula is C16H16Cl2O2. The van der Waals surface area contributed by atoms with Crippen LogP contribution in [0.4, 0.5) is 0 Å². The zero-order valence-electron chi connectivity index (χ0n) is 11.4. The average Bonchev–Trinajstić information content (AvgIpc) is 2.43. The first-order chi connectivity index (χ1) is 9.52. The number of rotatable bonds is 4. The molecule has 0 aliphatic heterocycles. The number of aliphatic hydroxyl groups excluding tert-OH is 1. The number of aryl methyl sites for hydroxylation is 1.